The van der Waals surface area contributed by atoms with Crippen molar-refractivity contribution in [3.05, 3.63) is 48.4 Å². The second-order valence-electron chi connectivity index (χ2n) is 2.77. The van der Waals surface area contributed by atoms with Gasteiger partial charge < -0.3 is 4.42 Å². The van der Waals surface area contributed by atoms with E-state index in [0.29, 0.717) is 0 Å². The van der Waals surface area contributed by atoms with Gasteiger partial charge in [0.2, 0.25) is 0 Å². The maximum atomic E-state index is 5.21. The fraction of sp³-hybridized carbons (Fsp3) is 0.200. The second kappa shape index (κ2) is 4.81. The van der Waals surface area contributed by atoms with E-state index in [1.165, 1.54) is 0 Å². The molecule has 72 valence electrons. The molecule has 14 heavy (non-hydrogen) atoms. The Morgan fingerprint density at radius 1 is 1.29 bits per heavy atom. The molecule has 0 N–H and O–H groups in total. The molecule has 0 saturated heterocycles. The summed E-state index contributed by atoms with van der Waals surface area (Å²) in [6.07, 6.45) is 6.87. The van der Waals surface area contributed by atoms with Crippen LogP contribution in [-0.4, -0.2) is 9.97 Å². The van der Waals surface area contributed by atoms with Crippen molar-refractivity contribution < 1.29 is 4.42 Å². The van der Waals surface area contributed by atoms with Crippen LogP contribution in [0.5, 0.6) is 0 Å². The highest BCUT2D eigenvalue weighted by Crippen LogP contribution is 2.15. The van der Waals surface area contributed by atoms with Crippen LogP contribution < -0.4 is 0 Å². The third-order valence-corrected chi connectivity index (χ3v) is 2.68. The van der Waals surface area contributed by atoms with Gasteiger partial charge in [0.25, 0.3) is 0 Å². The van der Waals surface area contributed by atoms with Crippen LogP contribution >= 0.6 is 11.8 Å². The van der Waals surface area contributed by atoms with E-state index < -0.39 is 0 Å². The zero-order valence-corrected chi connectivity index (χ0v) is 8.41. The zero-order valence-electron chi connectivity index (χ0n) is 7.59. The van der Waals surface area contributed by atoms with Crippen molar-refractivity contribution >= 4 is 11.8 Å². The molecule has 0 aliphatic carbocycles. The highest BCUT2D eigenvalue weighted by Gasteiger charge is 1.97. The van der Waals surface area contributed by atoms with Gasteiger partial charge in [-0.05, 0) is 12.1 Å². The maximum Gasteiger partial charge on any atom is 0.113 e. The number of hydrogen-bond donors (Lipinski definition) is 0. The van der Waals surface area contributed by atoms with Gasteiger partial charge in [0, 0.05) is 24.3 Å². The normalized spacial score (nSPS) is 10.3. The molecular formula is C10H10N2OS. The first-order chi connectivity index (χ1) is 6.95. The summed E-state index contributed by atoms with van der Waals surface area (Å²) in [7, 11) is 0. The minimum absolute atomic E-state index is 0.870. The largest absolute Gasteiger partial charge is 0.468 e. The van der Waals surface area contributed by atoms with Gasteiger partial charge >= 0.3 is 0 Å². The average molecular weight is 206 g/mol. The molecule has 0 saturated carbocycles. The van der Waals surface area contributed by atoms with E-state index in [1.54, 1.807) is 36.6 Å². The van der Waals surface area contributed by atoms with Gasteiger partial charge in [-0.2, -0.15) is 0 Å². The minimum Gasteiger partial charge on any atom is -0.468 e. The van der Waals surface area contributed by atoms with Gasteiger partial charge in [-0.3, -0.25) is 9.97 Å². The summed E-state index contributed by atoms with van der Waals surface area (Å²) in [6.45, 7) is 0. The summed E-state index contributed by atoms with van der Waals surface area (Å²) in [6, 6.07) is 3.88. The van der Waals surface area contributed by atoms with E-state index in [1.807, 2.05) is 12.1 Å². The maximum absolute atomic E-state index is 5.21. The molecule has 2 aromatic heterocycles. The van der Waals surface area contributed by atoms with E-state index in [9.17, 15) is 0 Å². The molecule has 0 radical (unpaired) electrons. The molecule has 0 aliphatic heterocycles. The van der Waals surface area contributed by atoms with Gasteiger partial charge in [-0.25, -0.2) is 0 Å². The lowest BCUT2D eigenvalue weighted by atomic mass is 10.5. The number of aromatic nitrogens is 2. The van der Waals surface area contributed by atoms with Crippen LogP contribution in [0.25, 0.3) is 0 Å². The van der Waals surface area contributed by atoms with Crippen LogP contribution in [0.15, 0.2) is 41.4 Å². The van der Waals surface area contributed by atoms with E-state index in [0.717, 1.165) is 23.0 Å². The van der Waals surface area contributed by atoms with E-state index in [-0.39, 0.29) is 0 Å². The van der Waals surface area contributed by atoms with Crippen molar-refractivity contribution in [3.63, 3.8) is 0 Å². The summed E-state index contributed by atoms with van der Waals surface area (Å²) < 4.78 is 5.21. The summed E-state index contributed by atoms with van der Waals surface area (Å²) in [5, 5.41) is 0. The highest BCUT2D eigenvalue weighted by atomic mass is 32.2. The first kappa shape index (κ1) is 9.27. The summed E-state index contributed by atoms with van der Waals surface area (Å²) in [5.74, 6) is 2.75. The lowest BCUT2D eigenvalue weighted by Crippen LogP contribution is -1.87. The molecule has 0 atom stereocenters. The minimum atomic E-state index is 0.870. The molecule has 0 bridgehead atoms. The smallest absolute Gasteiger partial charge is 0.113 e. The van der Waals surface area contributed by atoms with Crippen LogP contribution in [0.4, 0.5) is 0 Å². The number of hydrogen-bond acceptors (Lipinski definition) is 4. The van der Waals surface area contributed by atoms with Gasteiger partial charge in [0.15, 0.2) is 0 Å². The SMILES string of the molecule is c1coc(CSCc2cnccn2)c1. The fourth-order valence-electron chi connectivity index (χ4n) is 1.06. The summed E-state index contributed by atoms with van der Waals surface area (Å²) in [5.41, 5.74) is 1.00. The van der Waals surface area contributed by atoms with E-state index in [2.05, 4.69) is 9.97 Å². The Morgan fingerprint density at radius 2 is 2.29 bits per heavy atom. The fourth-order valence-corrected chi connectivity index (χ4v) is 1.88. The number of thioether (sulfide) groups is 1. The molecule has 2 heterocycles. The Bertz CT molecular complexity index is 361. The topological polar surface area (TPSA) is 38.9 Å². The van der Waals surface area contributed by atoms with Gasteiger partial charge in [-0.15, -0.1) is 11.8 Å². The predicted octanol–water partition coefficient (Wildman–Crippen LogP) is 2.50. The van der Waals surface area contributed by atoms with Crippen molar-refractivity contribution in [2.45, 2.75) is 11.5 Å². The van der Waals surface area contributed by atoms with Crippen molar-refractivity contribution in [3.8, 4) is 0 Å². The van der Waals surface area contributed by atoms with Gasteiger partial charge in [-0.1, -0.05) is 0 Å². The zero-order chi connectivity index (χ0) is 9.64. The number of rotatable bonds is 4. The molecule has 0 unspecified atom stereocenters. The third kappa shape index (κ3) is 2.60. The monoisotopic (exact) mass is 206 g/mol. The predicted molar refractivity (Wildman–Crippen MR) is 55.7 cm³/mol. The van der Waals surface area contributed by atoms with Crippen molar-refractivity contribution in [1.82, 2.24) is 9.97 Å². The first-order valence-corrected chi connectivity index (χ1v) is 5.45. The van der Waals surface area contributed by atoms with Crippen molar-refractivity contribution in [1.29, 1.82) is 0 Å². The molecule has 0 amide bonds. The summed E-state index contributed by atoms with van der Waals surface area (Å²) >= 11 is 1.77. The quantitative estimate of drug-likeness (QED) is 0.770. The lowest BCUT2D eigenvalue weighted by molar-refractivity contribution is 0.530. The molecule has 2 aromatic rings. The molecule has 2 rings (SSSR count). The first-order valence-electron chi connectivity index (χ1n) is 4.30. The average Bonchev–Trinajstić information content (AvgIpc) is 2.72. The van der Waals surface area contributed by atoms with E-state index >= 15 is 0 Å². The molecule has 0 aliphatic rings. The van der Waals surface area contributed by atoms with Gasteiger partial charge in [0.05, 0.1) is 17.7 Å². The van der Waals surface area contributed by atoms with Gasteiger partial charge in [0.1, 0.15) is 5.76 Å². The Labute approximate surface area is 86.6 Å². The van der Waals surface area contributed by atoms with Crippen LogP contribution in [0, 0.1) is 0 Å². The molecular weight excluding hydrogens is 196 g/mol. The lowest BCUT2D eigenvalue weighted by Gasteiger charge is -1.97. The molecule has 0 spiro atoms. The third-order valence-electron chi connectivity index (χ3n) is 1.69. The Kier molecular flexibility index (Phi) is 3.19. The highest BCUT2D eigenvalue weighted by molar-refractivity contribution is 7.97. The number of nitrogens with zero attached hydrogens (tertiary/aromatic N) is 2. The van der Waals surface area contributed by atoms with Crippen LogP contribution in [0.2, 0.25) is 0 Å². The van der Waals surface area contributed by atoms with Crippen molar-refractivity contribution in [2.75, 3.05) is 0 Å². The Hall–Kier alpha value is -1.29. The van der Waals surface area contributed by atoms with Crippen LogP contribution in [0.1, 0.15) is 11.5 Å². The molecule has 0 aromatic carbocycles. The second-order valence-corrected chi connectivity index (χ2v) is 3.75. The van der Waals surface area contributed by atoms with Crippen molar-refractivity contribution in [2.24, 2.45) is 0 Å². The standard InChI is InChI=1S/C10H10N2OS/c1-2-10(13-5-1)8-14-7-9-6-11-3-4-12-9/h1-6H,7-8H2. The summed E-state index contributed by atoms with van der Waals surface area (Å²) in [4.78, 5) is 8.18. The molecule has 0 fully saturated rings. The Balaban J connectivity index is 1.79. The number of furan rings is 1. The van der Waals surface area contributed by atoms with E-state index in [4.69, 9.17) is 4.42 Å². The van der Waals surface area contributed by atoms with Crippen LogP contribution in [0.3, 0.4) is 0 Å². The molecule has 3 nitrogen and oxygen atoms in total. The molecule has 4 heteroatoms. The Morgan fingerprint density at radius 3 is 3.00 bits per heavy atom. The van der Waals surface area contributed by atoms with Crippen LogP contribution in [-0.2, 0) is 11.5 Å².